The van der Waals surface area contributed by atoms with E-state index in [-0.39, 0.29) is 10.8 Å². The highest BCUT2D eigenvalue weighted by Crippen LogP contribution is 2.22. The van der Waals surface area contributed by atoms with Crippen LogP contribution in [-0.4, -0.2) is 22.0 Å². The zero-order chi connectivity index (χ0) is 15.5. The van der Waals surface area contributed by atoms with Crippen molar-refractivity contribution in [2.75, 3.05) is 6.61 Å². The molecule has 2 aromatic heterocycles. The molecule has 0 aliphatic heterocycles. The van der Waals surface area contributed by atoms with Crippen LogP contribution >= 0.6 is 11.6 Å². The maximum atomic E-state index is 12.3. The number of nitrogens with zero attached hydrogens (tertiary/aromatic N) is 2. The molecule has 3 aromatic rings. The Labute approximate surface area is 132 Å². The third-order valence-electron chi connectivity index (χ3n) is 3.03. The van der Waals surface area contributed by atoms with Gasteiger partial charge >= 0.3 is 5.97 Å². The number of hydrogen-bond donors (Lipinski definition) is 0. The summed E-state index contributed by atoms with van der Waals surface area (Å²) in [7, 11) is 0. The minimum absolute atomic E-state index is 0.113. The van der Waals surface area contributed by atoms with Crippen molar-refractivity contribution in [1.29, 1.82) is 0 Å². The number of fused-ring (bicyclic) bond motifs is 1. The molecule has 0 spiro atoms. The van der Waals surface area contributed by atoms with Crippen molar-refractivity contribution in [2.45, 2.75) is 6.92 Å². The number of imidazole rings is 1. The first-order valence-corrected chi connectivity index (χ1v) is 7.14. The number of ether oxygens (including phenoxy) is 2. The number of pyridine rings is 1. The molecule has 2 heterocycles. The van der Waals surface area contributed by atoms with E-state index >= 15 is 0 Å². The number of benzene rings is 1. The fraction of sp³-hybridized carbons (Fsp3) is 0.125. The van der Waals surface area contributed by atoms with E-state index in [4.69, 9.17) is 21.1 Å². The average molecular weight is 317 g/mol. The first-order valence-electron chi connectivity index (χ1n) is 6.76. The Morgan fingerprint density at radius 2 is 1.91 bits per heavy atom. The SMILES string of the molecule is CCOc1ccc(OC(=O)c2c(Cl)nc3ccccn23)cc1. The van der Waals surface area contributed by atoms with Crippen LogP contribution in [0.15, 0.2) is 48.7 Å². The maximum Gasteiger partial charge on any atom is 0.364 e. The fourth-order valence-electron chi connectivity index (χ4n) is 2.08. The summed E-state index contributed by atoms with van der Waals surface area (Å²) in [5, 5.41) is 0.113. The molecular formula is C16H13ClN2O3. The number of halogens is 1. The first-order chi connectivity index (χ1) is 10.7. The van der Waals surface area contributed by atoms with E-state index in [0.29, 0.717) is 18.0 Å². The van der Waals surface area contributed by atoms with Crippen LogP contribution in [0.3, 0.4) is 0 Å². The van der Waals surface area contributed by atoms with Gasteiger partial charge in [-0.05, 0) is 43.3 Å². The third kappa shape index (κ3) is 2.76. The quantitative estimate of drug-likeness (QED) is 0.545. The molecule has 0 atom stereocenters. The molecule has 3 rings (SSSR count). The van der Waals surface area contributed by atoms with Crippen molar-refractivity contribution in [3.63, 3.8) is 0 Å². The topological polar surface area (TPSA) is 52.8 Å². The van der Waals surface area contributed by atoms with Gasteiger partial charge in [-0.2, -0.15) is 0 Å². The highest BCUT2D eigenvalue weighted by molar-refractivity contribution is 6.32. The molecule has 0 aliphatic carbocycles. The van der Waals surface area contributed by atoms with Crippen LogP contribution in [0.25, 0.3) is 5.65 Å². The van der Waals surface area contributed by atoms with Gasteiger partial charge in [-0.1, -0.05) is 17.7 Å². The van der Waals surface area contributed by atoms with Gasteiger partial charge in [0.2, 0.25) is 0 Å². The summed E-state index contributed by atoms with van der Waals surface area (Å²) in [5.41, 5.74) is 0.789. The van der Waals surface area contributed by atoms with Crippen molar-refractivity contribution < 1.29 is 14.3 Å². The lowest BCUT2D eigenvalue weighted by Crippen LogP contribution is -2.11. The van der Waals surface area contributed by atoms with Gasteiger partial charge in [0.25, 0.3) is 0 Å². The van der Waals surface area contributed by atoms with E-state index in [1.54, 1.807) is 47.0 Å². The van der Waals surface area contributed by atoms with Crippen molar-refractivity contribution in [2.24, 2.45) is 0 Å². The Hall–Kier alpha value is -2.53. The number of carbonyl (C=O) groups is 1. The van der Waals surface area contributed by atoms with Gasteiger partial charge in [-0.25, -0.2) is 9.78 Å². The van der Waals surface area contributed by atoms with Gasteiger partial charge < -0.3 is 9.47 Å². The highest BCUT2D eigenvalue weighted by Gasteiger charge is 2.19. The van der Waals surface area contributed by atoms with E-state index in [2.05, 4.69) is 4.98 Å². The molecular weight excluding hydrogens is 304 g/mol. The standard InChI is InChI=1S/C16H13ClN2O3/c1-2-21-11-6-8-12(9-7-11)22-16(20)14-15(17)18-13-5-3-4-10-19(13)14/h3-10H,2H2,1H3. The molecule has 0 saturated heterocycles. The minimum Gasteiger partial charge on any atom is -0.494 e. The van der Waals surface area contributed by atoms with E-state index < -0.39 is 5.97 Å². The second kappa shape index (κ2) is 6.07. The van der Waals surface area contributed by atoms with Gasteiger partial charge in [0.1, 0.15) is 17.1 Å². The monoisotopic (exact) mass is 316 g/mol. The van der Waals surface area contributed by atoms with Gasteiger partial charge in [0, 0.05) is 6.20 Å². The summed E-state index contributed by atoms with van der Waals surface area (Å²) in [5.74, 6) is 0.568. The molecule has 5 nitrogen and oxygen atoms in total. The Morgan fingerprint density at radius 1 is 1.18 bits per heavy atom. The average Bonchev–Trinajstić information content (AvgIpc) is 2.85. The minimum atomic E-state index is -0.562. The summed E-state index contributed by atoms with van der Waals surface area (Å²) >= 11 is 6.04. The second-order valence-electron chi connectivity index (χ2n) is 4.47. The molecule has 0 unspecified atom stereocenters. The molecule has 112 valence electrons. The van der Waals surface area contributed by atoms with Crippen LogP contribution in [0.1, 0.15) is 17.4 Å². The number of hydrogen-bond acceptors (Lipinski definition) is 4. The van der Waals surface area contributed by atoms with Crippen LogP contribution in [-0.2, 0) is 0 Å². The van der Waals surface area contributed by atoms with Crippen LogP contribution in [0, 0.1) is 0 Å². The second-order valence-corrected chi connectivity index (χ2v) is 4.83. The molecule has 0 bridgehead atoms. The van der Waals surface area contributed by atoms with E-state index in [9.17, 15) is 4.79 Å². The number of rotatable bonds is 4. The van der Waals surface area contributed by atoms with Crippen molar-refractivity contribution in [3.8, 4) is 11.5 Å². The van der Waals surface area contributed by atoms with E-state index in [0.717, 1.165) is 5.75 Å². The van der Waals surface area contributed by atoms with Crippen LogP contribution in [0.5, 0.6) is 11.5 Å². The van der Waals surface area contributed by atoms with Gasteiger partial charge in [0.15, 0.2) is 10.8 Å². The summed E-state index contributed by atoms with van der Waals surface area (Å²) in [6.45, 7) is 2.48. The molecule has 0 aliphatic rings. The number of aromatic nitrogens is 2. The number of esters is 1. The molecule has 6 heteroatoms. The molecule has 0 N–H and O–H groups in total. The Morgan fingerprint density at radius 3 is 2.64 bits per heavy atom. The first kappa shape index (κ1) is 14.4. The molecule has 0 fully saturated rings. The van der Waals surface area contributed by atoms with Crippen LogP contribution in [0.2, 0.25) is 5.15 Å². The van der Waals surface area contributed by atoms with Gasteiger partial charge in [0.05, 0.1) is 6.61 Å². The Balaban J connectivity index is 1.85. The van der Waals surface area contributed by atoms with Crippen LogP contribution < -0.4 is 9.47 Å². The summed E-state index contributed by atoms with van der Waals surface area (Å²) < 4.78 is 12.3. The zero-order valence-electron chi connectivity index (χ0n) is 11.8. The van der Waals surface area contributed by atoms with Gasteiger partial charge in [-0.15, -0.1) is 0 Å². The largest absolute Gasteiger partial charge is 0.494 e. The van der Waals surface area contributed by atoms with E-state index in [1.165, 1.54) is 0 Å². The third-order valence-corrected chi connectivity index (χ3v) is 3.29. The van der Waals surface area contributed by atoms with E-state index in [1.807, 2.05) is 13.0 Å². The van der Waals surface area contributed by atoms with Crippen molar-refractivity contribution in [1.82, 2.24) is 9.38 Å². The smallest absolute Gasteiger partial charge is 0.364 e. The molecule has 0 amide bonds. The lowest BCUT2D eigenvalue weighted by Gasteiger charge is -2.06. The predicted molar refractivity (Wildman–Crippen MR) is 82.8 cm³/mol. The summed E-state index contributed by atoms with van der Waals surface area (Å²) in [6.07, 6.45) is 1.71. The highest BCUT2D eigenvalue weighted by atomic mass is 35.5. The maximum absolute atomic E-state index is 12.3. The van der Waals surface area contributed by atoms with Gasteiger partial charge in [-0.3, -0.25) is 4.40 Å². The predicted octanol–water partition coefficient (Wildman–Crippen LogP) is 3.61. The fourth-order valence-corrected chi connectivity index (χ4v) is 2.33. The Bertz CT molecular complexity index is 812. The Kier molecular flexibility index (Phi) is 3.98. The summed E-state index contributed by atoms with van der Waals surface area (Å²) in [4.78, 5) is 16.4. The van der Waals surface area contributed by atoms with Crippen LogP contribution in [0.4, 0.5) is 0 Å². The van der Waals surface area contributed by atoms with Crippen molar-refractivity contribution in [3.05, 3.63) is 59.5 Å². The molecule has 1 aromatic carbocycles. The zero-order valence-corrected chi connectivity index (χ0v) is 12.6. The molecule has 0 radical (unpaired) electrons. The van der Waals surface area contributed by atoms with Crippen molar-refractivity contribution >= 4 is 23.2 Å². The molecule has 0 saturated carbocycles. The lowest BCUT2D eigenvalue weighted by atomic mass is 10.3. The lowest BCUT2D eigenvalue weighted by molar-refractivity contribution is 0.0727. The summed E-state index contributed by atoms with van der Waals surface area (Å²) in [6, 6.07) is 12.2. The molecule has 22 heavy (non-hydrogen) atoms. The normalized spacial score (nSPS) is 10.6. The number of carbonyl (C=O) groups excluding carboxylic acids is 1.